The lowest BCUT2D eigenvalue weighted by atomic mass is 10.2. The molecule has 0 unspecified atom stereocenters. The van der Waals surface area contributed by atoms with Crippen molar-refractivity contribution in [2.75, 3.05) is 130 Å². The maximum Gasteiger partial charge on any atom is 0.269 e. The second-order valence-corrected chi connectivity index (χ2v) is 18.1. The van der Waals surface area contributed by atoms with E-state index in [0.717, 1.165) is 127 Å². The zero-order chi connectivity index (χ0) is 48.3. The van der Waals surface area contributed by atoms with E-state index >= 15 is 0 Å². The molecule has 0 saturated carbocycles. The number of piperazine rings is 4. The lowest BCUT2D eigenvalue weighted by Crippen LogP contribution is -2.48. The van der Waals surface area contributed by atoms with Crippen molar-refractivity contribution in [3.63, 3.8) is 0 Å². The highest BCUT2D eigenvalue weighted by Gasteiger charge is 2.21. The highest BCUT2D eigenvalue weighted by Crippen LogP contribution is 2.24. The number of hydrogen-bond donors (Lipinski definition) is 2. The van der Waals surface area contributed by atoms with Crippen LogP contribution in [0.1, 0.15) is 41.5 Å². The van der Waals surface area contributed by atoms with Crippen LogP contribution in [0.3, 0.4) is 0 Å². The van der Waals surface area contributed by atoms with Crippen LogP contribution >= 0.6 is 12.2 Å². The van der Waals surface area contributed by atoms with Gasteiger partial charge in [-0.1, -0.05) is 0 Å². The summed E-state index contributed by atoms with van der Waals surface area (Å²) >= 11 is 4.60. The molecule has 0 amide bonds. The number of benzene rings is 4. The molecule has 4 heterocycles. The summed E-state index contributed by atoms with van der Waals surface area (Å²) in [5, 5.41) is 26.7. The Hall–Kier alpha value is -5.68. The minimum absolute atomic E-state index is 0.147. The summed E-state index contributed by atoms with van der Waals surface area (Å²) in [6.45, 7) is 30.4. The standard InChI is InChI=1S/C14H19N3S.C13H19N3O2.C13H21N3.C10H13N3O2/c1-12(2)16-7-9-17(10-8-16)14-5-3-13(4-6-14)15-11-18;1-11(2)14-7-9-15(10-8-14)12-3-5-13(6-4-12)16(17)18;1-11(2)15-7-9-16(10-8-15)13-5-3-12(14)4-6-13;14-13(15)10-3-1-9(2-4-10)12-7-5-11-6-8-12/h3-6,12H,7-10H2,1-2H3;3-6,11H,7-10H2,1-2H3;3-6,11H,7-10,14H2,1-2H3;1-4,11H,5-8H2. The van der Waals surface area contributed by atoms with Crippen molar-refractivity contribution < 1.29 is 9.85 Å². The number of nitrogens with two attached hydrogens (primary N) is 1. The van der Waals surface area contributed by atoms with E-state index in [-0.39, 0.29) is 21.2 Å². The van der Waals surface area contributed by atoms with Gasteiger partial charge in [0.1, 0.15) is 0 Å². The molecule has 4 fully saturated rings. The van der Waals surface area contributed by atoms with Crippen molar-refractivity contribution in [2.45, 2.75) is 59.7 Å². The maximum atomic E-state index is 10.6. The first-order valence-electron chi connectivity index (χ1n) is 23.7. The first-order chi connectivity index (χ1) is 32.2. The minimum atomic E-state index is -0.373. The highest BCUT2D eigenvalue weighted by atomic mass is 32.1. The van der Waals surface area contributed by atoms with Gasteiger partial charge in [0.05, 0.1) is 20.7 Å². The SMILES string of the molecule is CC(C)N1CCN(c2ccc(N)cc2)CC1.CC(C)N1CCN(c2ccc(N=C=S)cc2)CC1.CC(C)N1CCN(c2ccc([N+](=O)[O-])cc2)CC1.O=[N+]([O-])c1ccc(N2CCNCC2)cc1. The van der Waals surface area contributed by atoms with Crippen molar-refractivity contribution in [3.05, 3.63) is 117 Å². The lowest BCUT2D eigenvalue weighted by Gasteiger charge is -2.38. The maximum absolute atomic E-state index is 10.6. The Kier molecular flexibility index (Phi) is 20.8. The Bertz CT molecular complexity index is 2050. The van der Waals surface area contributed by atoms with Gasteiger partial charge in [0.2, 0.25) is 0 Å². The van der Waals surface area contributed by atoms with Gasteiger partial charge in [-0.15, -0.1) is 0 Å². The van der Waals surface area contributed by atoms with Gasteiger partial charge >= 0.3 is 0 Å². The molecular formula is C50H72N12O4S. The van der Waals surface area contributed by atoms with Crippen LogP contribution in [-0.2, 0) is 0 Å². The van der Waals surface area contributed by atoms with Crippen LogP contribution in [0.15, 0.2) is 102 Å². The smallest absolute Gasteiger partial charge is 0.269 e. The normalized spacial score (nSPS) is 17.1. The van der Waals surface area contributed by atoms with Gasteiger partial charge in [-0.25, -0.2) is 0 Å². The van der Waals surface area contributed by atoms with Crippen LogP contribution in [0.2, 0.25) is 0 Å². The second kappa shape index (κ2) is 26.6. The van der Waals surface area contributed by atoms with Gasteiger partial charge in [-0.05, 0) is 127 Å². The van der Waals surface area contributed by atoms with Crippen LogP contribution in [0.4, 0.5) is 45.5 Å². The van der Waals surface area contributed by atoms with Crippen LogP contribution in [0, 0.1) is 20.2 Å². The Morgan fingerprint density at radius 1 is 0.493 bits per heavy atom. The third-order valence-corrected chi connectivity index (χ3v) is 12.8. The number of nitrogens with zero attached hydrogens (tertiary/aromatic N) is 10. The number of thiocarbonyl (C=S) groups is 1. The summed E-state index contributed by atoms with van der Waals surface area (Å²) < 4.78 is 0. The van der Waals surface area contributed by atoms with Crippen LogP contribution in [0.25, 0.3) is 0 Å². The number of aliphatic imine (C=N–C) groups is 1. The third kappa shape index (κ3) is 16.6. The molecule has 4 aliphatic heterocycles. The predicted octanol–water partition coefficient (Wildman–Crippen LogP) is 7.88. The van der Waals surface area contributed by atoms with E-state index < -0.39 is 0 Å². The Labute approximate surface area is 403 Å². The fraction of sp³-hybridized carbons (Fsp3) is 0.500. The molecule has 8 rings (SSSR count). The van der Waals surface area contributed by atoms with Crippen molar-refractivity contribution in [2.24, 2.45) is 4.99 Å². The number of anilines is 5. The topological polar surface area (TPSA) is 159 Å². The molecule has 3 N–H and O–H groups in total. The minimum Gasteiger partial charge on any atom is -0.399 e. The number of isothiocyanates is 1. The molecule has 4 saturated heterocycles. The van der Waals surface area contributed by atoms with Gasteiger partial charge in [-0.2, -0.15) is 4.99 Å². The molecule has 16 nitrogen and oxygen atoms in total. The summed E-state index contributed by atoms with van der Waals surface area (Å²) in [5.74, 6) is 0. The number of nitrogen functional groups attached to an aromatic ring is 1. The van der Waals surface area contributed by atoms with E-state index in [4.69, 9.17) is 5.73 Å². The first kappa shape index (κ1) is 52.3. The number of non-ortho nitro benzene ring substituents is 2. The van der Waals surface area contributed by atoms with E-state index in [0.29, 0.717) is 18.1 Å². The summed E-state index contributed by atoms with van der Waals surface area (Å²) in [5.41, 5.74) is 12.4. The van der Waals surface area contributed by atoms with Crippen molar-refractivity contribution in [1.82, 2.24) is 20.0 Å². The highest BCUT2D eigenvalue weighted by molar-refractivity contribution is 7.78. The molecule has 4 aromatic carbocycles. The molecule has 0 bridgehead atoms. The fourth-order valence-corrected chi connectivity index (χ4v) is 8.56. The second-order valence-electron chi connectivity index (χ2n) is 17.9. The van der Waals surface area contributed by atoms with Gasteiger partial charge in [0, 0.05) is 176 Å². The number of nitro benzene ring substituents is 2. The Balaban J connectivity index is 0.000000168. The molecule has 0 spiro atoms. The van der Waals surface area contributed by atoms with Crippen molar-refractivity contribution >= 4 is 62.9 Å². The van der Waals surface area contributed by atoms with Crippen LogP contribution in [-0.4, -0.2) is 153 Å². The summed E-state index contributed by atoms with van der Waals surface area (Å²) in [6.07, 6.45) is 0. The number of rotatable bonds is 10. The summed E-state index contributed by atoms with van der Waals surface area (Å²) in [4.78, 5) is 41.1. The monoisotopic (exact) mass is 937 g/mol. The average Bonchev–Trinajstić information content (AvgIpc) is 3.35. The quantitative estimate of drug-likeness (QED) is 0.0520. The molecule has 4 aliphatic rings. The van der Waals surface area contributed by atoms with E-state index in [2.05, 4.69) is 128 Å². The van der Waals surface area contributed by atoms with Gasteiger partial charge in [-0.3, -0.25) is 34.9 Å². The molecule has 4 aromatic rings. The molecule has 17 heteroatoms. The zero-order valence-corrected chi connectivity index (χ0v) is 41.2. The fourth-order valence-electron chi connectivity index (χ4n) is 8.46. The van der Waals surface area contributed by atoms with Crippen molar-refractivity contribution in [1.29, 1.82) is 0 Å². The van der Waals surface area contributed by atoms with Crippen LogP contribution in [0.5, 0.6) is 0 Å². The number of nitrogens with one attached hydrogen (secondary N) is 1. The first-order valence-corrected chi connectivity index (χ1v) is 24.1. The van der Waals surface area contributed by atoms with Crippen LogP contribution < -0.4 is 30.7 Å². The largest absolute Gasteiger partial charge is 0.399 e. The van der Waals surface area contributed by atoms with Gasteiger partial charge in [0.25, 0.3) is 11.4 Å². The molecular weight excluding hydrogens is 865 g/mol. The third-order valence-electron chi connectivity index (χ3n) is 12.7. The van der Waals surface area contributed by atoms with E-state index in [1.807, 2.05) is 48.5 Å². The van der Waals surface area contributed by atoms with Gasteiger partial charge < -0.3 is 30.7 Å². The lowest BCUT2D eigenvalue weighted by molar-refractivity contribution is -0.385. The molecule has 67 heavy (non-hydrogen) atoms. The average molecular weight is 937 g/mol. The molecule has 0 radical (unpaired) electrons. The summed E-state index contributed by atoms with van der Waals surface area (Å²) in [7, 11) is 0. The number of nitro groups is 2. The number of hydrogen-bond acceptors (Lipinski definition) is 15. The molecule has 0 atom stereocenters. The van der Waals surface area contributed by atoms with E-state index in [1.54, 1.807) is 24.3 Å². The van der Waals surface area contributed by atoms with E-state index in [1.165, 1.54) is 11.4 Å². The molecule has 0 aromatic heterocycles. The molecule has 0 aliphatic carbocycles. The Morgan fingerprint density at radius 2 is 0.776 bits per heavy atom. The summed E-state index contributed by atoms with van der Waals surface area (Å²) in [6, 6.07) is 31.8. The zero-order valence-electron chi connectivity index (χ0n) is 40.4. The predicted molar refractivity (Wildman–Crippen MR) is 280 cm³/mol. The molecule has 362 valence electrons. The van der Waals surface area contributed by atoms with Crippen molar-refractivity contribution in [3.8, 4) is 0 Å². The van der Waals surface area contributed by atoms with Gasteiger partial charge in [0.15, 0.2) is 0 Å². The van der Waals surface area contributed by atoms with E-state index in [9.17, 15) is 20.2 Å². The Morgan fingerprint density at radius 3 is 1.06 bits per heavy atom.